The quantitative estimate of drug-likeness (QED) is 0.872. The first-order valence-electron chi connectivity index (χ1n) is 5.40. The van der Waals surface area contributed by atoms with E-state index in [0.717, 1.165) is 17.7 Å². The zero-order chi connectivity index (χ0) is 11.5. The summed E-state index contributed by atoms with van der Waals surface area (Å²) in [7, 11) is 1.58. The SMILES string of the molecule is CNC(Cc1ccc2c(c1)SCC2)C(F)F. The van der Waals surface area contributed by atoms with E-state index >= 15 is 0 Å². The molecule has 88 valence electrons. The Balaban J connectivity index is 2.10. The Morgan fingerprint density at radius 2 is 2.25 bits per heavy atom. The van der Waals surface area contributed by atoms with Gasteiger partial charge in [0.25, 0.3) is 6.43 Å². The van der Waals surface area contributed by atoms with E-state index in [1.165, 1.54) is 10.5 Å². The maximum Gasteiger partial charge on any atom is 0.254 e. The number of alkyl halides is 2. The lowest BCUT2D eigenvalue weighted by molar-refractivity contribution is 0.102. The molecule has 0 aromatic heterocycles. The van der Waals surface area contributed by atoms with Crippen LogP contribution < -0.4 is 5.32 Å². The van der Waals surface area contributed by atoms with Gasteiger partial charge in [-0.2, -0.15) is 0 Å². The Hall–Kier alpha value is -0.610. The van der Waals surface area contributed by atoms with Gasteiger partial charge >= 0.3 is 0 Å². The van der Waals surface area contributed by atoms with E-state index in [0.29, 0.717) is 6.42 Å². The van der Waals surface area contributed by atoms with Gasteiger partial charge in [0.1, 0.15) is 0 Å². The molecule has 1 heterocycles. The molecule has 16 heavy (non-hydrogen) atoms. The molecular formula is C12H15F2NS. The molecule has 1 N–H and O–H groups in total. The van der Waals surface area contributed by atoms with Crippen LogP contribution in [0.4, 0.5) is 8.78 Å². The molecule has 1 nitrogen and oxygen atoms in total. The molecule has 1 unspecified atom stereocenters. The molecule has 1 aromatic rings. The molecule has 2 rings (SSSR count). The van der Waals surface area contributed by atoms with Crippen molar-refractivity contribution in [2.45, 2.75) is 30.2 Å². The third kappa shape index (κ3) is 2.55. The molecule has 0 bridgehead atoms. The van der Waals surface area contributed by atoms with Crippen LogP contribution in [0.5, 0.6) is 0 Å². The minimum atomic E-state index is -2.31. The number of halogens is 2. The molecule has 1 aromatic carbocycles. The summed E-state index contributed by atoms with van der Waals surface area (Å²) in [5.74, 6) is 1.11. The molecule has 1 atom stereocenters. The highest BCUT2D eigenvalue weighted by atomic mass is 32.2. The van der Waals surface area contributed by atoms with Crippen molar-refractivity contribution in [3.05, 3.63) is 29.3 Å². The van der Waals surface area contributed by atoms with E-state index in [9.17, 15) is 8.78 Å². The normalized spacial score (nSPS) is 16.5. The fraction of sp³-hybridized carbons (Fsp3) is 0.500. The van der Waals surface area contributed by atoms with Gasteiger partial charge in [-0.25, -0.2) is 8.78 Å². The van der Waals surface area contributed by atoms with Gasteiger partial charge in [-0.3, -0.25) is 0 Å². The number of likely N-dealkylation sites (N-methyl/N-ethyl adjacent to an activating group) is 1. The second-order valence-corrected chi connectivity index (χ2v) is 5.11. The first kappa shape index (κ1) is 11.9. The lowest BCUT2D eigenvalue weighted by atomic mass is 10.0. The fourth-order valence-corrected chi connectivity index (χ4v) is 3.04. The number of rotatable bonds is 4. The molecule has 0 saturated heterocycles. The van der Waals surface area contributed by atoms with Gasteiger partial charge in [0.05, 0.1) is 6.04 Å². The summed E-state index contributed by atoms with van der Waals surface area (Å²) in [5.41, 5.74) is 2.35. The van der Waals surface area contributed by atoms with Crippen LogP contribution in [-0.2, 0) is 12.8 Å². The van der Waals surface area contributed by atoms with Crippen LogP contribution in [0, 0.1) is 0 Å². The van der Waals surface area contributed by atoms with Crippen molar-refractivity contribution in [3.63, 3.8) is 0 Å². The van der Waals surface area contributed by atoms with E-state index in [1.807, 2.05) is 17.8 Å². The molecule has 1 aliphatic rings. The lowest BCUT2D eigenvalue weighted by Crippen LogP contribution is -2.34. The summed E-state index contributed by atoms with van der Waals surface area (Å²) >= 11 is 1.82. The summed E-state index contributed by atoms with van der Waals surface area (Å²) in [6.07, 6.45) is -0.821. The highest BCUT2D eigenvalue weighted by molar-refractivity contribution is 7.99. The number of fused-ring (bicyclic) bond motifs is 1. The van der Waals surface area contributed by atoms with Crippen LogP contribution >= 0.6 is 11.8 Å². The monoisotopic (exact) mass is 243 g/mol. The Bertz CT molecular complexity index is 368. The molecule has 0 aliphatic carbocycles. The Kier molecular flexibility index (Phi) is 3.82. The second-order valence-electron chi connectivity index (χ2n) is 3.97. The van der Waals surface area contributed by atoms with Gasteiger partial charge in [0.15, 0.2) is 0 Å². The van der Waals surface area contributed by atoms with Gasteiger partial charge in [0, 0.05) is 10.6 Å². The van der Waals surface area contributed by atoms with Gasteiger partial charge in [-0.05, 0) is 37.1 Å². The van der Waals surface area contributed by atoms with Crippen molar-refractivity contribution in [1.29, 1.82) is 0 Å². The van der Waals surface area contributed by atoms with Gasteiger partial charge in [-0.15, -0.1) is 11.8 Å². The van der Waals surface area contributed by atoms with E-state index in [4.69, 9.17) is 0 Å². The average Bonchev–Trinajstić information content (AvgIpc) is 2.72. The molecule has 0 amide bonds. The van der Waals surface area contributed by atoms with Crippen molar-refractivity contribution in [2.75, 3.05) is 12.8 Å². The van der Waals surface area contributed by atoms with Crippen LogP contribution in [0.3, 0.4) is 0 Å². The first-order chi connectivity index (χ1) is 7.70. The highest BCUT2D eigenvalue weighted by Crippen LogP contribution is 2.32. The average molecular weight is 243 g/mol. The minimum Gasteiger partial charge on any atom is -0.312 e. The smallest absolute Gasteiger partial charge is 0.254 e. The van der Waals surface area contributed by atoms with Gasteiger partial charge in [0.2, 0.25) is 0 Å². The van der Waals surface area contributed by atoms with Crippen LogP contribution in [0.2, 0.25) is 0 Å². The molecule has 4 heteroatoms. The van der Waals surface area contributed by atoms with Crippen molar-refractivity contribution in [1.82, 2.24) is 5.32 Å². The van der Waals surface area contributed by atoms with E-state index in [-0.39, 0.29) is 0 Å². The van der Waals surface area contributed by atoms with E-state index < -0.39 is 12.5 Å². The highest BCUT2D eigenvalue weighted by Gasteiger charge is 2.19. The maximum absolute atomic E-state index is 12.6. The molecule has 0 fully saturated rings. The zero-order valence-corrected chi connectivity index (χ0v) is 9.99. The second kappa shape index (κ2) is 5.15. The number of hydrogen-bond donors (Lipinski definition) is 1. The van der Waals surface area contributed by atoms with E-state index in [2.05, 4.69) is 17.4 Å². The van der Waals surface area contributed by atoms with Gasteiger partial charge in [-0.1, -0.05) is 12.1 Å². The summed E-state index contributed by atoms with van der Waals surface area (Å²) in [4.78, 5) is 1.27. The van der Waals surface area contributed by atoms with Crippen LogP contribution in [0.1, 0.15) is 11.1 Å². The molecule has 0 saturated carbocycles. The number of benzene rings is 1. The molecule has 0 radical (unpaired) electrons. The Labute approximate surface area is 98.6 Å². The summed E-state index contributed by atoms with van der Waals surface area (Å²) in [6, 6.07) is 5.35. The number of aryl methyl sites for hydroxylation is 1. The van der Waals surface area contributed by atoms with Crippen LogP contribution in [0.15, 0.2) is 23.1 Å². The predicted octanol–water partition coefficient (Wildman–Crippen LogP) is 2.73. The number of hydrogen-bond acceptors (Lipinski definition) is 2. The predicted molar refractivity (Wildman–Crippen MR) is 63.4 cm³/mol. The van der Waals surface area contributed by atoms with Crippen LogP contribution in [0.25, 0.3) is 0 Å². The summed E-state index contributed by atoms with van der Waals surface area (Å²) in [5, 5.41) is 2.66. The topological polar surface area (TPSA) is 12.0 Å². The summed E-state index contributed by atoms with van der Waals surface area (Å²) < 4.78 is 25.2. The minimum absolute atomic E-state index is 0.391. The fourth-order valence-electron chi connectivity index (χ4n) is 1.91. The summed E-state index contributed by atoms with van der Waals surface area (Å²) in [6.45, 7) is 0. The standard InChI is InChI=1S/C12H15F2NS/c1-15-10(12(13)14)6-8-2-3-9-4-5-16-11(9)7-8/h2-3,7,10,12,15H,4-6H2,1H3. The maximum atomic E-state index is 12.6. The van der Waals surface area contributed by atoms with Crippen molar-refractivity contribution < 1.29 is 8.78 Å². The lowest BCUT2D eigenvalue weighted by Gasteiger charge is -2.15. The van der Waals surface area contributed by atoms with Crippen molar-refractivity contribution in [3.8, 4) is 0 Å². The Morgan fingerprint density at radius 3 is 2.94 bits per heavy atom. The van der Waals surface area contributed by atoms with E-state index in [1.54, 1.807) is 7.05 Å². The third-order valence-corrected chi connectivity index (χ3v) is 3.99. The first-order valence-corrected chi connectivity index (χ1v) is 6.39. The molecular weight excluding hydrogens is 228 g/mol. The van der Waals surface area contributed by atoms with Crippen molar-refractivity contribution >= 4 is 11.8 Å². The number of thioether (sulfide) groups is 1. The third-order valence-electron chi connectivity index (χ3n) is 2.89. The Morgan fingerprint density at radius 1 is 1.44 bits per heavy atom. The number of nitrogens with one attached hydrogen (secondary N) is 1. The zero-order valence-electron chi connectivity index (χ0n) is 9.17. The van der Waals surface area contributed by atoms with Crippen LogP contribution in [-0.4, -0.2) is 25.3 Å². The molecule has 0 spiro atoms. The van der Waals surface area contributed by atoms with Crippen molar-refractivity contribution in [2.24, 2.45) is 0 Å². The van der Waals surface area contributed by atoms with Gasteiger partial charge < -0.3 is 5.32 Å². The molecule has 1 aliphatic heterocycles. The largest absolute Gasteiger partial charge is 0.312 e.